The maximum Gasteiger partial charge on any atom is 0.0641 e. The van der Waals surface area contributed by atoms with Crippen LogP contribution in [-0.4, -0.2) is 25.8 Å². The largest absolute Gasteiger partial charge is 0.357 e. The molecule has 13 rings (SSSR count). The van der Waals surface area contributed by atoms with Crippen LogP contribution in [0.5, 0.6) is 0 Å². The van der Waals surface area contributed by atoms with Crippen molar-refractivity contribution in [2.75, 3.05) is 4.90 Å². The Kier molecular flexibility index (Phi) is 6.65. The Morgan fingerprint density at radius 2 is 1.05 bits per heavy atom. The van der Waals surface area contributed by atoms with Crippen LogP contribution < -0.4 is 4.90 Å². The van der Waals surface area contributed by atoms with E-state index in [-0.39, 0.29) is 0 Å². The van der Waals surface area contributed by atoms with Crippen LogP contribution in [0.15, 0.2) is 200 Å². The molecule has 3 unspecified atom stereocenters. The second-order valence-corrected chi connectivity index (χ2v) is 16.0. The second-order valence-electron chi connectivity index (χ2n) is 16.0. The van der Waals surface area contributed by atoms with E-state index in [0.717, 1.165) is 23.5 Å². The molecule has 0 bridgehead atoms. The molecule has 0 saturated carbocycles. The molecule has 4 heteroatoms. The molecule has 3 aromatic heterocycles. The maximum absolute atomic E-state index is 2.67. The van der Waals surface area contributed by atoms with Crippen LogP contribution in [0.2, 0.25) is 0 Å². The highest BCUT2D eigenvalue weighted by Gasteiger charge is 2.40. The van der Waals surface area contributed by atoms with E-state index in [1.807, 2.05) is 0 Å². The van der Waals surface area contributed by atoms with Crippen LogP contribution >= 0.6 is 0 Å². The van der Waals surface area contributed by atoms with Crippen molar-refractivity contribution in [1.29, 1.82) is 0 Å². The molecule has 0 N–H and O–H groups in total. The van der Waals surface area contributed by atoms with E-state index in [9.17, 15) is 0 Å². The van der Waals surface area contributed by atoms with Crippen LogP contribution in [-0.2, 0) is 0 Å². The topological polar surface area (TPSA) is 18.0 Å². The van der Waals surface area contributed by atoms with Crippen LogP contribution in [0.4, 0.5) is 5.69 Å². The first-order chi connectivity index (χ1) is 28.8. The minimum atomic E-state index is 0.302. The van der Waals surface area contributed by atoms with E-state index >= 15 is 0 Å². The van der Waals surface area contributed by atoms with Gasteiger partial charge in [-0.05, 0) is 78.7 Å². The van der Waals surface area contributed by atoms with Crippen molar-refractivity contribution in [3.63, 3.8) is 0 Å². The van der Waals surface area contributed by atoms with Gasteiger partial charge in [0, 0.05) is 61.0 Å². The fourth-order valence-electron chi connectivity index (χ4n) is 10.7. The molecule has 3 atom stereocenters. The summed E-state index contributed by atoms with van der Waals surface area (Å²) in [5, 5.41) is 7.61. The Morgan fingerprint density at radius 3 is 1.84 bits per heavy atom. The lowest BCUT2D eigenvalue weighted by atomic mass is 9.90. The van der Waals surface area contributed by atoms with Crippen molar-refractivity contribution in [3.8, 4) is 17.1 Å². The average molecular weight is 743 g/mol. The zero-order valence-electron chi connectivity index (χ0n) is 31.8. The molecule has 3 aliphatic rings. The molecule has 1 aliphatic heterocycles. The monoisotopic (exact) mass is 742 g/mol. The van der Waals surface area contributed by atoms with Gasteiger partial charge in [-0.2, -0.15) is 0 Å². The summed E-state index contributed by atoms with van der Waals surface area (Å²) in [4.78, 5) is 2.67. The average Bonchev–Trinajstić information content (AvgIpc) is 4.01. The van der Waals surface area contributed by atoms with E-state index in [0.29, 0.717) is 18.0 Å². The zero-order valence-corrected chi connectivity index (χ0v) is 31.8. The van der Waals surface area contributed by atoms with Crippen LogP contribution in [0.3, 0.4) is 0 Å². The molecule has 2 aliphatic carbocycles. The Hall–Kier alpha value is -7.30. The first-order valence-corrected chi connectivity index (χ1v) is 20.5. The zero-order chi connectivity index (χ0) is 37.9. The molecule has 10 aromatic rings. The summed E-state index contributed by atoms with van der Waals surface area (Å²) in [6.45, 7) is 0. The van der Waals surface area contributed by atoms with E-state index < -0.39 is 0 Å². The summed E-state index contributed by atoms with van der Waals surface area (Å²) in [5.74, 6) is 0.328. The summed E-state index contributed by atoms with van der Waals surface area (Å²) in [5.41, 5.74) is 13.5. The summed E-state index contributed by atoms with van der Waals surface area (Å²) >= 11 is 0. The molecule has 4 heterocycles. The molecular formula is C54H38N4. The van der Waals surface area contributed by atoms with Gasteiger partial charge in [0.05, 0.1) is 45.2 Å². The van der Waals surface area contributed by atoms with Gasteiger partial charge >= 0.3 is 0 Å². The van der Waals surface area contributed by atoms with Gasteiger partial charge in [-0.3, -0.25) is 0 Å². The summed E-state index contributed by atoms with van der Waals surface area (Å²) < 4.78 is 7.43. The number of hydrogen-bond donors (Lipinski definition) is 0. The predicted octanol–water partition coefficient (Wildman–Crippen LogP) is 13.3. The molecule has 0 saturated heterocycles. The van der Waals surface area contributed by atoms with Crippen molar-refractivity contribution in [1.82, 2.24) is 13.7 Å². The summed E-state index contributed by atoms with van der Waals surface area (Å²) in [6, 6.07) is 56.9. The molecule has 0 radical (unpaired) electrons. The van der Waals surface area contributed by atoms with E-state index in [1.165, 1.54) is 76.7 Å². The first-order valence-electron chi connectivity index (χ1n) is 20.5. The van der Waals surface area contributed by atoms with E-state index in [2.05, 4.69) is 219 Å². The third-order valence-corrected chi connectivity index (χ3v) is 13.0. The van der Waals surface area contributed by atoms with Crippen molar-refractivity contribution in [3.05, 3.63) is 206 Å². The van der Waals surface area contributed by atoms with Gasteiger partial charge in [0.2, 0.25) is 0 Å². The fourth-order valence-corrected chi connectivity index (χ4v) is 10.7. The highest BCUT2D eigenvalue weighted by Crippen LogP contribution is 2.49. The fraction of sp³-hybridized carbons (Fsp3) is 0.0741. The number of aromatic nitrogens is 3. The minimum absolute atomic E-state index is 0.302. The van der Waals surface area contributed by atoms with Crippen LogP contribution in [0, 0.1) is 0 Å². The summed E-state index contributed by atoms with van der Waals surface area (Å²) in [6.07, 6.45) is 19.3. The third kappa shape index (κ3) is 4.34. The lowest BCUT2D eigenvalue weighted by Crippen LogP contribution is -2.40. The number of anilines is 1. The van der Waals surface area contributed by atoms with Gasteiger partial charge in [0.15, 0.2) is 0 Å². The molecule has 58 heavy (non-hydrogen) atoms. The molecule has 7 aromatic carbocycles. The Labute approximate surface area is 335 Å². The van der Waals surface area contributed by atoms with E-state index in [4.69, 9.17) is 0 Å². The van der Waals surface area contributed by atoms with Crippen molar-refractivity contribution >= 4 is 71.1 Å². The second kappa shape index (κ2) is 12.1. The van der Waals surface area contributed by atoms with Crippen molar-refractivity contribution in [2.45, 2.75) is 24.4 Å². The quantitative estimate of drug-likeness (QED) is 0.176. The molecule has 0 spiro atoms. The molecular weight excluding hydrogens is 705 g/mol. The Morgan fingerprint density at radius 1 is 0.414 bits per heavy atom. The Balaban J connectivity index is 1.08. The smallest absolute Gasteiger partial charge is 0.0641 e. The van der Waals surface area contributed by atoms with Gasteiger partial charge < -0.3 is 18.6 Å². The lowest BCUT2D eigenvalue weighted by molar-refractivity contribution is 0.614. The first kappa shape index (κ1) is 31.9. The van der Waals surface area contributed by atoms with Crippen molar-refractivity contribution < 1.29 is 0 Å². The lowest BCUT2D eigenvalue weighted by Gasteiger charge is -2.35. The number of fused-ring (bicyclic) bond motifs is 13. The molecule has 0 amide bonds. The Bertz CT molecular complexity index is 3460. The van der Waals surface area contributed by atoms with Crippen LogP contribution in [0.25, 0.3) is 82.5 Å². The van der Waals surface area contributed by atoms with E-state index in [1.54, 1.807) is 0 Å². The summed E-state index contributed by atoms with van der Waals surface area (Å²) in [7, 11) is 0. The number of nitrogens with zero attached hydrogens (tertiary/aromatic N) is 4. The van der Waals surface area contributed by atoms with Gasteiger partial charge in [-0.15, -0.1) is 0 Å². The SMILES string of the molecule is C1=CCC(N2c3cc4c(cc3C3C=CC=CC32)c2ccccc2n4-c2cccc(-n3c4ccccc4c4ccc5c(c6ccccc6n5-c5ccccc5)c43)c2)C=C1. The number of allylic oxidation sites excluding steroid dienone is 4. The highest BCUT2D eigenvalue weighted by atomic mass is 15.2. The third-order valence-electron chi connectivity index (χ3n) is 13.0. The molecule has 4 nitrogen and oxygen atoms in total. The normalized spacial score (nSPS) is 18.5. The number of hydrogen-bond acceptors (Lipinski definition) is 1. The predicted molar refractivity (Wildman–Crippen MR) is 243 cm³/mol. The molecule has 274 valence electrons. The van der Waals surface area contributed by atoms with Gasteiger partial charge in [-0.25, -0.2) is 0 Å². The number of benzene rings is 7. The standard InChI is InChI=1S/C54H38N4/c1-3-16-35(17-4-1)55-49-29-14-10-25-43(49)53-50(55)31-30-42-39-22-7-13-28-48(39)58(54(42)53)38-21-15-20-37(32-38)57-47-27-12-9-24-41(47)45-33-44-40-23-8-11-26-46(40)56(51(44)34-52(45)57)36-18-5-2-6-19-36/h1-18,20-34,36,40,46H,19H2. The molecule has 0 fully saturated rings. The van der Waals surface area contributed by atoms with Gasteiger partial charge in [0.1, 0.15) is 0 Å². The van der Waals surface area contributed by atoms with Gasteiger partial charge in [0.25, 0.3) is 0 Å². The van der Waals surface area contributed by atoms with Gasteiger partial charge in [-0.1, -0.05) is 134 Å². The maximum atomic E-state index is 2.67. The number of rotatable bonds is 4. The van der Waals surface area contributed by atoms with Crippen LogP contribution in [0.1, 0.15) is 17.9 Å². The minimum Gasteiger partial charge on any atom is -0.357 e. The highest BCUT2D eigenvalue weighted by molar-refractivity contribution is 6.26. The number of para-hydroxylation sites is 4. The van der Waals surface area contributed by atoms with Crippen molar-refractivity contribution in [2.24, 2.45) is 0 Å².